The van der Waals surface area contributed by atoms with Gasteiger partial charge in [0.1, 0.15) is 11.6 Å². The first-order valence-corrected chi connectivity index (χ1v) is 7.73. The summed E-state index contributed by atoms with van der Waals surface area (Å²) in [5.41, 5.74) is 0. The number of thiazole rings is 1. The molecule has 0 aromatic carbocycles. The monoisotopic (exact) mass is 317 g/mol. The van der Waals surface area contributed by atoms with Crippen LogP contribution in [0.4, 0.5) is 5.13 Å². The van der Waals surface area contributed by atoms with Gasteiger partial charge in [-0.25, -0.2) is 15.0 Å². The molecule has 0 saturated carbocycles. The Hall–Kier alpha value is -2.19. The average Bonchev–Trinajstić information content (AvgIpc) is 3.12. The topological polar surface area (TPSA) is 72.7 Å². The second-order valence-corrected chi connectivity index (χ2v) is 6.39. The summed E-state index contributed by atoms with van der Waals surface area (Å²) in [6.07, 6.45) is 8.46. The summed E-state index contributed by atoms with van der Waals surface area (Å²) in [5, 5.41) is 4.25. The molecular weight excluding hydrogens is 306 g/mol. The van der Waals surface area contributed by atoms with Gasteiger partial charge >= 0.3 is 0 Å². The van der Waals surface area contributed by atoms with Crippen LogP contribution >= 0.6 is 23.1 Å². The Bertz CT molecular complexity index is 711. The summed E-state index contributed by atoms with van der Waals surface area (Å²) in [4.78, 5) is 24.2. The molecule has 6 nitrogen and oxygen atoms in total. The van der Waals surface area contributed by atoms with Crippen molar-refractivity contribution in [3.8, 4) is 0 Å². The van der Waals surface area contributed by atoms with E-state index in [1.54, 1.807) is 35.7 Å². The molecule has 0 spiro atoms. The highest BCUT2D eigenvalue weighted by Gasteiger charge is 2.08. The maximum absolute atomic E-state index is 11.8. The van der Waals surface area contributed by atoms with Gasteiger partial charge in [0.2, 0.25) is 5.91 Å². The van der Waals surface area contributed by atoms with Crippen molar-refractivity contribution in [2.24, 2.45) is 0 Å². The summed E-state index contributed by atoms with van der Waals surface area (Å²) >= 11 is 2.94. The van der Waals surface area contributed by atoms with Crippen LogP contribution in [0.25, 0.3) is 0 Å². The number of imidazole rings is 1. The van der Waals surface area contributed by atoms with Crippen LogP contribution in [0.2, 0.25) is 0 Å². The van der Waals surface area contributed by atoms with Crippen LogP contribution in [0.3, 0.4) is 0 Å². The molecule has 0 aliphatic carbocycles. The largest absolute Gasteiger partial charge is 0.328 e. The molecule has 0 fully saturated rings. The molecular formula is C13H11N5OS2. The molecule has 1 N–H and O–H groups in total. The van der Waals surface area contributed by atoms with E-state index in [1.807, 2.05) is 18.2 Å². The minimum atomic E-state index is -0.128. The van der Waals surface area contributed by atoms with Crippen LogP contribution in [0.5, 0.6) is 0 Å². The number of aromatic nitrogens is 4. The van der Waals surface area contributed by atoms with Crippen LogP contribution in [0, 0.1) is 0 Å². The highest BCUT2D eigenvalue weighted by Crippen LogP contribution is 2.32. The lowest BCUT2D eigenvalue weighted by atomic mass is 10.5. The summed E-state index contributed by atoms with van der Waals surface area (Å²) < 4.78 is 2.68. The van der Waals surface area contributed by atoms with E-state index in [4.69, 9.17) is 0 Å². The maximum Gasteiger partial charge on any atom is 0.246 e. The van der Waals surface area contributed by atoms with E-state index in [2.05, 4.69) is 20.3 Å². The molecule has 3 aromatic rings. The molecule has 3 aromatic heterocycles. The highest BCUT2D eigenvalue weighted by molar-refractivity contribution is 8.01. The van der Waals surface area contributed by atoms with Crippen LogP contribution in [-0.2, 0) is 11.3 Å². The molecule has 0 unspecified atom stereocenters. The molecule has 8 heteroatoms. The number of rotatable bonds is 5. The van der Waals surface area contributed by atoms with Gasteiger partial charge in [0.05, 0.1) is 16.7 Å². The third kappa shape index (κ3) is 3.89. The third-order valence-electron chi connectivity index (χ3n) is 2.46. The smallest absolute Gasteiger partial charge is 0.246 e. The van der Waals surface area contributed by atoms with Gasteiger partial charge in [-0.15, -0.1) is 0 Å². The summed E-state index contributed by atoms with van der Waals surface area (Å²) in [7, 11) is 0. The number of hydrogen-bond donors (Lipinski definition) is 1. The lowest BCUT2D eigenvalue weighted by Crippen LogP contribution is -2.17. The fourth-order valence-corrected chi connectivity index (χ4v) is 3.38. The van der Waals surface area contributed by atoms with Crippen LogP contribution in [-0.4, -0.2) is 25.4 Å². The zero-order chi connectivity index (χ0) is 14.5. The fraction of sp³-hybridized carbons (Fsp3) is 0.0769. The van der Waals surface area contributed by atoms with Crippen molar-refractivity contribution in [3.63, 3.8) is 0 Å². The van der Waals surface area contributed by atoms with Gasteiger partial charge in [-0.05, 0) is 12.1 Å². The van der Waals surface area contributed by atoms with Crippen LogP contribution in [0.1, 0.15) is 0 Å². The first kappa shape index (κ1) is 13.8. The molecule has 0 aliphatic heterocycles. The Balaban J connectivity index is 1.59. The van der Waals surface area contributed by atoms with Crippen LogP contribution < -0.4 is 5.32 Å². The zero-order valence-electron chi connectivity index (χ0n) is 10.8. The Morgan fingerprint density at radius 2 is 2.29 bits per heavy atom. The molecule has 0 atom stereocenters. The quantitative estimate of drug-likeness (QED) is 0.783. The first-order valence-electron chi connectivity index (χ1n) is 6.10. The molecule has 0 bridgehead atoms. The van der Waals surface area contributed by atoms with E-state index in [1.165, 1.54) is 23.1 Å². The standard InChI is InChI=1S/C13H11N5OS2/c19-10(8-18-6-5-14-9-18)17-13-16-7-12(21-13)20-11-3-1-2-4-15-11/h1-7,9H,8H2,(H,16,17,19). The second-order valence-electron chi connectivity index (χ2n) is 4.04. The van der Waals surface area contributed by atoms with Crippen molar-refractivity contribution in [2.45, 2.75) is 15.8 Å². The van der Waals surface area contributed by atoms with Gasteiger partial charge in [0.15, 0.2) is 5.13 Å². The van der Waals surface area contributed by atoms with Crippen molar-refractivity contribution in [1.82, 2.24) is 19.5 Å². The van der Waals surface area contributed by atoms with Crippen molar-refractivity contribution in [2.75, 3.05) is 5.32 Å². The minimum absolute atomic E-state index is 0.128. The molecule has 106 valence electrons. The van der Waals surface area contributed by atoms with E-state index in [0.29, 0.717) is 5.13 Å². The minimum Gasteiger partial charge on any atom is -0.328 e. The van der Waals surface area contributed by atoms with E-state index >= 15 is 0 Å². The number of carbonyl (C=O) groups is 1. The van der Waals surface area contributed by atoms with Crippen molar-refractivity contribution < 1.29 is 4.79 Å². The van der Waals surface area contributed by atoms with E-state index < -0.39 is 0 Å². The first-order chi connectivity index (χ1) is 10.3. The van der Waals surface area contributed by atoms with Gasteiger partial charge in [-0.3, -0.25) is 4.79 Å². The lowest BCUT2D eigenvalue weighted by Gasteiger charge is -2.01. The number of pyridine rings is 1. The van der Waals surface area contributed by atoms with Gasteiger partial charge < -0.3 is 9.88 Å². The zero-order valence-corrected chi connectivity index (χ0v) is 12.5. The van der Waals surface area contributed by atoms with Gasteiger partial charge in [0, 0.05) is 18.6 Å². The molecule has 3 heterocycles. The number of anilines is 1. The number of carbonyl (C=O) groups excluding carboxylic acids is 1. The van der Waals surface area contributed by atoms with Gasteiger partial charge in [0.25, 0.3) is 0 Å². The molecule has 0 saturated heterocycles. The van der Waals surface area contributed by atoms with Crippen LogP contribution in [0.15, 0.2) is 58.5 Å². The van der Waals surface area contributed by atoms with Crippen molar-refractivity contribution in [3.05, 3.63) is 49.3 Å². The van der Waals surface area contributed by atoms with E-state index in [0.717, 1.165) is 9.24 Å². The lowest BCUT2D eigenvalue weighted by molar-refractivity contribution is -0.116. The Kier molecular flexibility index (Phi) is 4.27. The predicted octanol–water partition coefficient (Wildman–Crippen LogP) is 2.52. The maximum atomic E-state index is 11.8. The Morgan fingerprint density at radius 1 is 1.33 bits per heavy atom. The number of nitrogens with one attached hydrogen (secondary N) is 1. The SMILES string of the molecule is O=C(Cn1ccnc1)Nc1ncc(Sc2ccccn2)s1. The van der Waals surface area contributed by atoms with Gasteiger partial charge in [-0.1, -0.05) is 29.2 Å². The molecule has 3 rings (SSSR count). The summed E-state index contributed by atoms with van der Waals surface area (Å²) in [5.74, 6) is -0.128. The van der Waals surface area contributed by atoms with Crippen molar-refractivity contribution >= 4 is 34.1 Å². The predicted molar refractivity (Wildman–Crippen MR) is 81.3 cm³/mol. The van der Waals surface area contributed by atoms with E-state index in [-0.39, 0.29) is 12.5 Å². The highest BCUT2D eigenvalue weighted by atomic mass is 32.2. The number of hydrogen-bond acceptors (Lipinski definition) is 6. The second kappa shape index (κ2) is 6.51. The van der Waals surface area contributed by atoms with Gasteiger partial charge in [-0.2, -0.15) is 0 Å². The number of amides is 1. The average molecular weight is 317 g/mol. The molecule has 1 amide bonds. The molecule has 21 heavy (non-hydrogen) atoms. The van der Waals surface area contributed by atoms with Crippen molar-refractivity contribution in [1.29, 1.82) is 0 Å². The normalized spacial score (nSPS) is 10.5. The Labute approximate surface area is 129 Å². The molecule has 0 aliphatic rings. The number of nitrogens with zero attached hydrogens (tertiary/aromatic N) is 4. The van der Waals surface area contributed by atoms with E-state index in [9.17, 15) is 4.79 Å². The molecule has 0 radical (unpaired) electrons. The Morgan fingerprint density at radius 3 is 3.05 bits per heavy atom. The summed E-state index contributed by atoms with van der Waals surface area (Å²) in [6, 6.07) is 5.74. The third-order valence-corrected chi connectivity index (χ3v) is 4.42. The summed E-state index contributed by atoms with van der Waals surface area (Å²) in [6.45, 7) is 0.225. The fourth-order valence-electron chi connectivity index (χ4n) is 1.58.